The van der Waals surface area contributed by atoms with E-state index in [1.165, 1.54) is 36.7 Å². The molecular formula is C24H29Cl2N5O2S. The maximum atomic E-state index is 9.68. The highest BCUT2D eigenvalue weighted by Gasteiger charge is 2.23. The number of anilines is 2. The number of aromatic hydroxyl groups is 2. The minimum absolute atomic E-state index is 0.0477. The highest BCUT2D eigenvalue weighted by Crippen LogP contribution is 2.29. The van der Waals surface area contributed by atoms with E-state index in [4.69, 9.17) is 23.2 Å². The number of nitrogens with zero attached hydrogens (tertiary/aromatic N) is 3. The van der Waals surface area contributed by atoms with Crippen LogP contribution < -0.4 is 10.6 Å². The lowest BCUT2D eigenvalue weighted by Gasteiger charge is -2.20. The van der Waals surface area contributed by atoms with E-state index in [2.05, 4.69) is 46.4 Å². The third kappa shape index (κ3) is 8.42. The number of halogens is 2. The first-order chi connectivity index (χ1) is 16.0. The summed E-state index contributed by atoms with van der Waals surface area (Å²) in [5, 5.41) is 27.8. The number of phenolic OH excluding ortho intramolecular Hbond substituents is 2. The zero-order valence-corrected chi connectivity index (χ0v) is 21.9. The van der Waals surface area contributed by atoms with E-state index in [1.54, 1.807) is 24.3 Å². The van der Waals surface area contributed by atoms with Gasteiger partial charge in [0.1, 0.15) is 11.5 Å². The Hall–Kier alpha value is -2.42. The Labute approximate surface area is 214 Å². The van der Waals surface area contributed by atoms with E-state index < -0.39 is 0 Å². The van der Waals surface area contributed by atoms with Gasteiger partial charge < -0.3 is 20.8 Å². The molecule has 0 aliphatic heterocycles. The van der Waals surface area contributed by atoms with Crippen molar-refractivity contribution in [2.24, 2.45) is 0 Å². The van der Waals surface area contributed by atoms with Crippen molar-refractivity contribution in [2.45, 2.75) is 56.8 Å². The second-order valence-electron chi connectivity index (χ2n) is 8.99. The van der Waals surface area contributed by atoms with Gasteiger partial charge in [0.05, 0.1) is 0 Å². The van der Waals surface area contributed by atoms with Crippen LogP contribution in [0.15, 0.2) is 41.6 Å². The zero-order valence-electron chi connectivity index (χ0n) is 19.6. The molecule has 4 N–H and O–H groups in total. The minimum atomic E-state index is -0.0477. The predicted molar refractivity (Wildman–Crippen MR) is 141 cm³/mol. The largest absolute Gasteiger partial charge is 0.508 e. The molecule has 0 saturated heterocycles. The third-order valence-corrected chi connectivity index (χ3v) is 5.68. The standard InChI is InChI=1S/C13H10Cl2O2.C11H19N5S/c14-10-1-3-12(16)8(6-10)5-9-7-11(15)2-4-13(9)17;1-11(2,3)16-9-13-8(12-7-5-6-7)14-10(15-9)17-4/h1-4,6-7,16-17H,5H2;7H,5-6H2,1-4H3,(H2,12,13,14,15,16). The van der Waals surface area contributed by atoms with Crippen LogP contribution in [0.2, 0.25) is 10.0 Å². The Morgan fingerprint density at radius 2 is 1.44 bits per heavy atom. The molecule has 0 radical (unpaired) electrons. The number of hydrogen-bond donors (Lipinski definition) is 4. The fourth-order valence-electron chi connectivity index (χ4n) is 2.91. The summed E-state index contributed by atoms with van der Waals surface area (Å²) < 4.78 is 0. The number of phenols is 2. The molecule has 0 unspecified atom stereocenters. The molecule has 0 bridgehead atoms. The number of nitrogens with one attached hydrogen (secondary N) is 2. The normalized spacial score (nSPS) is 13.1. The average Bonchev–Trinajstić information content (AvgIpc) is 3.56. The van der Waals surface area contributed by atoms with Crippen LogP contribution in [-0.2, 0) is 6.42 Å². The molecular weight excluding hydrogens is 493 g/mol. The van der Waals surface area contributed by atoms with Gasteiger partial charge >= 0.3 is 0 Å². The molecule has 1 aliphatic carbocycles. The van der Waals surface area contributed by atoms with E-state index in [-0.39, 0.29) is 17.0 Å². The molecule has 34 heavy (non-hydrogen) atoms. The molecule has 1 aromatic heterocycles. The van der Waals surface area contributed by atoms with Crippen LogP contribution in [0.3, 0.4) is 0 Å². The molecule has 0 spiro atoms. The number of benzene rings is 2. The Morgan fingerprint density at radius 1 is 0.912 bits per heavy atom. The SMILES string of the molecule is CSc1nc(NC2CC2)nc(NC(C)(C)C)n1.Oc1ccc(Cl)cc1Cc1cc(Cl)ccc1O. The summed E-state index contributed by atoms with van der Waals surface area (Å²) in [6.45, 7) is 6.26. The van der Waals surface area contributed by atoms with Gasteiger partial charge in [0, 0.05) is 28.0 Å². The van der Waals surface area contributed by atoms with Gasteiger partial charge in [-0.05, 0) is 87.4 Å². The maximum Gasteiger partial charge on any atom is 0.228 e. The van der Waals surface area contributed by atoms with E-state index in [0.717, 1.165) is 5.16 Å². The molecule has 1 fully saturated rings. The van der Waals surface area contributed by atoms with Crippen molar-refractivity contribution in [2.75, 3.05) is 16.9 Å². The van der Waals surface area contributed by atoms with Crippen LogP contribution in [0.4, 0.5) is 11.9 Å². The smallest absolute Gasteiger partial charge is 0.228 e. The van der Waals surface area contributed by atoms with Crippen molar-refractivity contribution in [3.05, 3.63) is 57.6 Å². The van der Waals surface area contributed by atoms with Crippen molar-refractivity contribution in [3.8, 4) is 11.5 Å². The van der Waals surface area contributed by atoms with Crippen LogP contribution >= 0.6 is 35.0 Å². The quantitative estimate of drug-likeness (QED) is 0.277. The van der Waals surface area contributed by atoms with E-state index in [9.17, 15) is 10.2 Å². The third-order valence-electron chi connectivity index (χ3n) is 4.66. The number of thioether (sulfide) groups is 1. The Kier molecular flexibility index (Phi) is 8.73. The van der Waals surface area contributed by atoms with Crippen molar-refractivity contribution in [1.82, 2.24) is 15.0 Å². The van der Waals surface area contributed by atoms with Gasteiger partial charge in [-0.2, -0.15) is 15.0 Å². The van der Waals surface area contributed by atoms with Crippen molar-refractivity contribution in [3.63, 3.8) is 0 Å². The average molecular weight is 523 g/mol. The summed E-state index contributed by atoms with van der Waals surface area (Å²) in [6, 6.07) is 10.2. The molecule has 1 aliphatic rings. The lowest BCUT2D eigenvalue weighted by molar-refractivity contribution is 0.463. The molecule has 1 saturated carbocycles. The summed E-state index contributed by atoms with van der Waals surface area (Å²) >= 11 is 13.2. The van der Waals surface area contributed by atoms with E-state index in [0.29, 0.717) is 45.5 Å². The second kappa shape index (κ2) is 11.3. The minimum Gasteiger partial charge on any atom is -0.508 e. The molecule has 0 amide bonds. The molecule has 0 atom stereocenters. The first kappa shape index (κ1) is 26.2. The molecule has 182 valence electrons. The summed E-state index contributed by atoms with van der Waals surface area (Å²) in [6.07, 6.45) is 4.76. The zero-order chi connectivity index (χ0) is 24.9. The molecule has 3 aromatic rings. The first-order valence-corrected chi connectivity index (χ1v) is 12.8. The highest BCUT2D eigenvalue weighted by molar-refractivity contribution is 7.98. The maximum absolute atomic E-state index is 9.68. The summed E-state index contributed by atoms with van der Waals surface area (Å²) in [7, 11) is 0. The Morgan fingerprint density at radius 3 is 1.91 bits per heavy atom. The lowest BCUT2D eigenvalue weighted by atomic mass is 10.0. The van der Waals surface area contributed by atoms with Gasteiger partial charge in [-0.25, -0.2) is 0 Å². The van der Waals surface area contributed by atoms with Crippen molar-refractivity contribution in [1.29, 1.82) is 0 Å². The first-order valence-electron chi connectivity index (χ1n) is 10.8. The van der Waals surface area contributed by atoms with Gasteiger partial charge in [-0.1, -0.05) is 35.0 Å². The highest BCUT2D eigenvalue weighted by atomic mass is 35.5. The monoisotopic (exact) mass is 521 g/mol. The van der Waals surface area contributed by atoms with Crippen molar-refractivity contribution < 1.29 is 10.2 Å². The molecule has 1 heterocycles. The Balaban J connectivity index is 0.000000191. The van der Waals surface area contributed by atoms with Gasteiger partial charge in [0.15, 0.2) is 5.16 Å². The molecule has 2 aromatic carbocycles. The van der Waals surface area contributed by atoms with Crippen LogP contribution in [0.25, 0.3) is 0 Å². The fourth-order valence-corrected chi connectivity index (χ4v) is 3.66. The van der Waals surface area contributed by atoms with Crippen LogP contribution in [0.1, 0.15) is 44.7 Å². The summed E-state index contributed by atoms with van der Waals surface area (Å²) in [4.78, 5) is 13.1. The van der Waals surface area contributed by atoms with E-state index >= 15 is 0 Å². The number of hydrogen-bond acceptors (Lipinski definition) is 8. The Bertz CT molecular complexity index is 1090. The predicted octanol–water partition coefficient (Wildman–Crippen LogP) is 6.37. The summed E-state index contributed by atoms with van der Waals surface area (Å²) in [5.41, 5.74) is 1.25. The lowest BCUT2D eigenvalue weighted by Crippen LogP contribution is -2.28. The summed E-state index contributed by atoms with van der Waals surface area (Å²) in [5.74, 6) is 1.61. The fraction of sp³-hybridized carbons (Fsp3) is 0.375. The van der Waals surface area contributed by atoms with Gasteiger partial charge in [0.2, 0.25) is 11.9 Å². The van der Waals surface area contributed by atoms with E-state index in [1.807, 2.05) is 6.26 Å². The van der Waals surface area contributed by atoms with Gasteiger partial charge in [0.25, 0.3) is 0 Å². The van der Waals surface area contributed by atoms with Crippen LogP contribution in [0.5, 0.6) is 11.5 Å². The molecule has 10 heteroatoms. The van der Waals surface area contributed by atoms with Gasteiger partial charge in [-0.3, -0.25) is 0 Å². The molecule has 4 rings (SSSR count). The van der Waals surface area contributed by atoms with Crippen LogP contribution in [0, 0.1) is 0 Å². The topological polar surface area (TPSA) is 103 Å². The number of rotatable bonds is 6. The van der Waals surface area contributed by atoms with Gasteiger partial charge in [-0.15, -0.1) is 0 Å². The molecule has 7 nitrogen and oxygen atoms in total. The van der Waals surface area contributed by atoms with Crippen molar-refractivity contribution >= 4 is 46.9 Å². The second-order valence-corrected chi connectivity index (χ2v) is 10.6. The number of aromatic nitrogens is 3. The van der Waals surface area contributed by atoms with Crippen LogP contribution in [-0.4, -0.2) is 43.0 Å².